The van der Waals surface area contributed by atoms with Gasteiger partial charge in [-0.2, -0.15) is 35.9 Å². The number of benzene rings is 7. The van der Waals surface area contributed by atoms with E-state index >= 15 is 0 Å². The number of nitrogens with zero attached hydrogens (tertiary/aromatic N) is 10. The number of amides is 4. The van der Waals surface area contributed by atoms with E-state index in [0.717, 1.165) is 140 Å². The minimum atomic E-state index is -1.02. The normalized spacial score (nSPS) is 12.4. The summed E-state index contributed by atoms with van der Waals surface area (Å²) in [6, 6.07) is 59.9. The number of aromatic carboxylic acids is 1. The van der Waals surface area contributed by atoms with Gasteiger partial charge in [-0.3, -0.25) is 64.7 Å². The number of H-pyrrole nitrogens is 6. The first-order chi connectivity index (χ1) is 73.0. The summed E-state index contributed by atoms with van der Waals surface area (Å²) in [6.07, 6.45) is 37.9. The number of carboxylic acid groups (broad SMARTS) is 1. The van der Waals surface area contributed by atoms with Crippen LogP contribution in [0.4, 0.5) is 0 Å². The van der Waals surface area contributed by atoms with E-state index in [9.17, 15) is 34.2 Å². The van der Waals surface area contributed by atoms with Crippen LogP contribution < -0.4 is 49.7 Å². The fraction of sp³-hybridized carbons (Fsp3) is 0.134. The summed E-state index contributed by atoms with van der Waals surface area (Å²) in [7, 11) is 9.27. The standard InChI is InChI=1S/C24H22N4O3.C21H18N4O2S.C19H18N4O2.C18H17N3O2S.C15H11N3OS.C15H12N2O3S/c1-31-23-18(24(30)26-21(15-29)17-7-3-2-4-8-17)10-12-20-22(23)19(27-28-20)11-9-16-6-5-13-25-14-16;1-27-20-16(21(26)23-13-15-5-3-11-28-15)7-9-18-19(20)17(24-25-18)8-6-14-4-2-10-22-12-14;1-25-18-14(19(24)21-13-5-6-13)7-9-16-17(18)15(22-23-16)8-4-12-3-2-10-20-11-12;1-23-17-13(18(22)19-11-4-5-11)7-9-15-16(17)14(20-21-15)8-6-12-3-2-10-24-12;1-19-15-10(9-16)4-6-12-14(15)13(18-17-12)7-5-11-3-2-8-20-11;1-20-14-10(15(18)19)5-7-12-13(14)11(16-17-12)6-4-9-3-2-8-21-9/h2-14,21,29H,15H2,1H3,(H,26,30)(H,27,28);2-12H,13H2,1H3,(H,23,26)(H,24,25);2-4,7-11,13H,5-6H2,1H3,(H,21,24)(H,22,23);2-3,6-11H,4-5H2,1H3,(H,19,22)(H,20,21);2-8H,1H3,(H,17,18);2-8H,1H3,(H,16,17)(H,18,19)/b11-9+;8-6+;8-4+;8-6+;7-5+;6-4+. The van der Waals surface area contributed by atoms with Gasteiger partial charge < -0.3 is 59.9 Å². The van der Waals surface area contributed by atoms with Gasteiger partial charge in [0.25, 0.3) is 23.6 Å². The van der Waals surface area contributed by atoms with Crippen molar-refractivity contribution in [3.63, 3.8) is 0 Å². The van der Waals surface area contributed by atoms with Gasteiger partial charge in [0.05, 0.1) is 189 Å². The maximum Gasteiger partial charge on any atom is 0.339 e. The Balaban J connectivity index is 0.000000123. The highest BCUT2D eigenvalue weighted by Gasteiger charge is 2.30. The summed E-state index contributed by atoms with van der Waals surface area (Å²) >= 11 is 6.56. The number of carboxylic acids is 1. The molecular weight excluding hydrogens is 1960 g/mol. The lowest BCUT2D eigenvalue weighted by atomic mass is 10.0. The Morgan fingerprint density at radius 2 is 0.691 bits per heavy atom. The van der Waals surface area contributed by atoms with E-state index in [-0.39, 0.29) is 35.8 Å². The van der Waals surface area contributed by atoms with Crippen molar-refractivity contribution in [1.29, 1.82) is 5.26 Å². The lowest BCUT2D eigenvalue weighted by molar-refractivity contribution is 0.0692. The van der Waals surface area contributed by atoms with Crippen LogP contribution in [-0.2, 0) is 6.54 Å². The number of rotatable bonds is 30. The number of pyridine rings is 3. The molecule has 2 aliphatic rings. The van der Waals surface area contributed by atoms with Crippen molar-refractivity contribution in [3.05, 3.63) is 356 Å². The van der Waals surface area contributed by atoms with Crippen LogP contribution in [0.15, 0.2) is 247 Å². The molecule has 0 radical (unpaired) electrons. The number of hydrogen-bond donors (Lipinski definition) is 12. The van der Waals surface area contributed by atoms with Gasteiger partial charge in [0.2, 0.25) is 0 Å². The number of carbonyl (C=O) groups excluding carboxylic acids is 4. The molecule has 149 heavy (non-hydrogen) atoms. The van der Waals surface area contributed by atoms with Gasteiger partial charge >= 0.3 is 5.97 Å². The first kappa shape index (κ1) is 102. The fourth-order valence-electron chi connectivity index (χ4n) is 16.0. The van der Waals surface area contributed by atoms with Gasteiger partial charge in [-0.15, -0.1) is 45.3 Å². The van der Waals surface area contributed by atoms with Gasteiger partial charge in [0, 0.05) is 68.8 Å². The van der Waals surface area contributed by atoms with Crippen LogP contribution in [0.3, 0.4) is 0 Å². The molecule has 0 spiro atoms. The number of aliphatic hydroxyl groups is 1. The molecule has 2 aliphatic carbocycles. The summed E-state index contributed by atoms with van der Waals surface area (Å²) < 4.78 is 33.0. The minimum Gasteiger partial charge on any atom is -0.495 e. The van der Waals surface area contributed by atoms with Crippen LogP contribution in [0.5, 0.6) is 34.5 Å². The Morgan fingerprint density at radius 1 is 0.369 bits per heavy atom. The van der Waals surface area contributed by atoms with E-state index < -0.39 is 12.0 Å². The van der Waals surface area contributed by atoms with Crippen LogP contribution in [0.25, 0.3) is 138 Å². The van der Waals surface area contributed by atoms with Gasteiger partial charge in [0.1, 0.15) is 46.1 Å². The first-order valence-electron chi connectivity index (χ1n) is 46.7. The number of nitriles is 1. The van der Waals surface area contributed by atoms with Crippen molar-refractivity contribution in [2.45, 2.75) is 50.4 Å². The number of carbonyl (C=O) groups is 5. The fourth-order valence-corrected chi connectivity index (χ4v) is 18.5. The highest BCUT2D eigenvalue weighted by molar-refractivity contribution is 7.11. The van der Waals surface area contributed by atoms with Crippen molar-refractivity contribution < 1.29 is 62.6 Å². The lowest BCUT2D eigenvalue weighted by Crippen LogP contribution is -2.31. The average molecular weight is 2060 g/mol. The molecule has 20 aromatic rings. The zero-order valence-corrected chi connectivity index (χ0v) is 84.3. The second-order valence-corrected chi connectivity index (χ2v) is 37.2. The molecule has 4 amide bonds. The molecular formula is C112H98N20O13S4. The largest absolute Gasteiger partial charge is 0.495 e. The second-order valence-electron chi connectivity index (χ2n) is 33.3. The highest BCUT2D eigenvalue weighted by atomic mass is 32.1. The maximum absolute atomic E-state index is 13.1. The summed E-state index contributed by atoms with van der Waals surface area (Å²) in [5.74, 6) is 1.14. The Morgan fingerprint density at radius 3 is 1.00 bits per heavy atom. The summed E-state index contributed by atoms with van der Waals surface area (Å²) in [5.41, 5.74) is 15.3. The Bertz CT molecular complexity index is 8290. The third kappa shape index (κ3) is 25.0. The molecule has 13 heterocycles. The Hall–Kier alpha value is -18.4. The molecule has 12 N–H and O–H groups in total. The maximum atomic E-state index is 13.1. The van der Waals surface area contributed by atoms with E-state index in [1.165, 1.54) is 20.3 Å². The van der Waals surface area contributed by atoms with Gasteiger partial charge in [0.15, 0.2) is 0 Å². The predicted octanol–water partition coefficient (Wildman–Crippen LogP) is 21.6. The van der Waals surface area contributed by atoms with Crippen LogP contribution in [0.1, 0.15) is 165 Å². The predicted molar refractivity (Wildman–Crippen MR) is 587 cm³/mol. The van der Waals surface area contributed by atoms with E-state index in [0.29, 0.717) is 108 Å². The molecule has 2 saturated carbocycles. The van der Waals surface area contributed by atoms with Crippen LogP contribution in [0.2, 0.25) is 0 Å². The quantitative estimate of drug-likeness (QED) is 0.0199. The molecule has 7 aromatic carbocycles. The monoisotopic (exact) mass is 2060 g/mol. The Labute approximate surface area is 868 Å². The van der Waals surface area contributed by atoms with E-state index in [2.05, 4.69) is 103 Å². The number of fused-ring (bicyclic) bond motifs is 6. The smallest absolute Gasteiger partial charge is 0.339 e. The number of thiophene rings is 4. The molecule has 748 valence electrons. The number of aromatic amines is 6. The number of aromatic nitrogens is 15. The molecule has 22 rings (SSSR count). The highest BCUT2D eigenvalue weighted by Crippen LogP contribution is 2.41. The van der Waals surface area contributed by atoms with Crippen LogP contribution in [-0.4, -0.2) is 177 Å². The molecule has 0 aliphatic heterocycles. The number of methoxy groups -OCH3 is 6. The van der Waals surface area contributed by atoms with Crippen molar-refractivity contribution in [3.8, 4) is 40.6 Å². The molecule has 0 bridgehead atoms. The topological polar surface area (TPSA) is 464 Å². The van der Waals surface area contributed by atoms with Crippen LogP contribution >= 0.6 is 45.3 Å². The minimum absolute atomic E-state index is 0.0920. The van der Waals surface area contributed by atoms with Crippen molar-refractivity contribution in [2.75, 3.05) is 49.3 Å². The number of ether oxygens (including phenoxy) is 6. The summed E-state index contributed by atoms with van der Waals surface area (Å²) in [4.78, 5) is 78.8. The molecule has 13 aromatic heterocycles. The molecule has 1 unspecified atom stereocenters. The van der Waals surface area contributed by atoms with E-state index in [4.69, 9.17) is 33.7 Å². The zero-order chi connectivity index (χ0) is 103. The molecule has 2 fully saturated rings. The van der Waals surface area contributed by atoms with Crippen molar-refractivity contribution in [2.24, 2.45) is 0 Å². The van der Waals surface area contributed by atoms with Gasteiger partial charge in [-0.05, 0) is 239 Å². The Kier molecular flexibility index (Phi) is 33.8. The SMILES string of the molecule is COc1c(C#N)ccc2n[nH]c(/C=C/c3cccs3)c12.COc1c(C(=O)NC(CO)c2ccccc2)ccc2n[nH]c(/C=C/c3cccnc3)c12.COc1c(C(=O)NC2CC2)ccc2n[nH]c(/C=C/c3cccnc3)c12.COc1c(C(=O)NC2CC2)ccc2n[nH]c(/C=C/c3cccs3)c12.COc1c(C(=O)NCc2cccs2)ccc2n[nH]c(/C=C/c3cccnc3)c12.COc1c(C(=O)O)ccc2n[nH]c(/C=C/c3cccs3)c12. The lowest BCUT2D eigenvalue weighted by Gasteiger charge is -2.18. The summed E-state index contributed by atoms with van der Waals surface area (Å²) in [5, 5.41) is 96.3. The van der Waals surface area contributed by atoms with Gasteiger partial charge in [-0.25, -0.2) is 4.79 Å². The van der Waals surface area contributed by atoms with E-state index in [1.54, 1.807) is 153 Å². The van der Waals surface area contributed by atoms with Crippen molar-refractivity contribution in [1.82, 2.24) is 97.4 Å². The number of hydrogen-bond acceptors (Lipinski definition) is 26. The molecule has 37 heteroatoms. The average Bonchev–Trinajstić information content (AvgIpc) is 1.68. The zero-order valence-electron chi connectivity index (χ0n) is 81.1. The second kappa shape index (κ2) is 49.3. The van der Waals surface area contributed by atoms with E-state index in [1.807, 2.05) is 234 Å². The summed E-state index contributed by atoms with van der Waals surface area (Å²) in [6.45, 7) is 0.266. The molecule has 33 nitrogen and oxygen atoms in total. The van der Waals surface area contributed by atoms with Gasteiger partial charge in [-0.1, -0.05) is 91.0 Å². The third-order valence-electron chi connectivity index (χ3n) is 23.5. The molecule has 0 saturated heterocycles. The number of aliphatic hydroxyl groups excluding tert-OH is 1. The third-order valence-corrected chi connectivity index (χ3v) is 26.9. The first-order valence-corrected chi connectivity index (χ1v) is 50.3. The molecule has 1 atom stereocenters. The van der Waals surface area contributed by atoms with Crippen LogP contribution in [0, 0.1) is 11.3 Å². The number of nitrogens with one attached hydrogen (secondary N) is 10. The van der Waals surface area contributed by atoms with Crippen molar-refractivity contribution >= 4 is 213 Å².